The highest BCUT2D eigenvalue weighted by Gasteiger charge is 2.05. The molecule has 23 heavy (non-hydrogen) atoms. The van der Waals surface area contributed by atoms with Crippen molar-refractivity contribution in [1.82, 2.24) is 0 Å². The van der Waals surface area contributed by atoms with Crippen LogP contribution in [-0.2, 0) is 9.63 Å². The number of benzene rings is 2. The first kappa shape index (κ1) is 17.1. The quantitative estimate of drug-likeness (QED) is 0.491. The smallest absolute Gasteiger partial charge is 0.265 e. The van der Waals surface area contributed by atoms with Gasteiger partial charge in [0.2, 0.25) is 0 Å². The van der Waals surface area contributed by atoms with Gasteiger partial charge >= 0.3 is 0 Å². The van der Waals surface area contributed by atoms with Gasteiger partial charge in [0.05, 0.1) is 0 Å². The van der Waals surface area contributed by atoms with Crippen LogP contribution in [0.3, 0.4) is 0 Å². The molecule has 0 radical (unpaired) electrons. The van der Waals surface area contributed by atoms with E-state index in [1.165, 1.54) is 0 Å². The Kier molecular flexibility index (Phi) is 5.84. The molecule has 1 amide bonds. The van der Waals surface area contributed by atoms with Crippen LogP contribution in [0.15, 0.2) is 47.6 Å². The number of nitrogens with zero attached hydrogens (tertiary/aromatic N) is 1. The summed E-state index contributed by atoms with van der Waals surface area (Å²) >= 11 is 11.9. The van der Waals surface area contributed by atoms with Gasteiger partial charge in [-0.2, -0.15) is 0 Å². The predicted octanol–water partition coefficient (Wildman–Crippen LogP) is 3.58. The second-order valence-electron chi connectivity index (χ2n) is 4.77. The molecule has 0 aliphatic carbocycles. The van der Waals surface area contributed by atoms with Gasteiger partial charge in [-0.15, -0.1) is 0 Å². The third-order valence-electron chi connectivity index (χ3n) is 2.93. The van der Waals surface area contributed by atoms with Crippen molar-refractivity contribution >= 4 is 40.6 Å². The maximum absolute atomic E-state index is 11.8. The van der Waals surface area contributed by atoms with Crippen LogP contribution in [0.5, 0.6) is 0 Å². The number of oxime groups is 1. The molecule has 120 valence electrons. The number of rotatable bonds is 5. The van der Waals surface area contributed by atoms with Crippen molar-refractivity contribution in [2.24, 2.45) is 10.9 Å². The number of hydrogen-bond donors (Lipinski definition) is 2. The Hall–Kier alpha value is -2.24. The summed E-state index contributed by atoms with van der Waals surface area (Å²) in [6, 6.07) is 12.1. The number of amidine groups is 1. The highest BCUT2D eigenvalue weighted by Crippen LogP contribution is 2.19. The minimum absolute atomic E-state index is 0.138. The molecule has 7 heteroatoms. The molecule has 0 heterocycles. The van der Waals surface area contributed by atoms with E-state index in [-0.39, 0.29) is 18.3 Å². The lowest BCUT2D eigenvalue weighted by atomic mass is 10.2. The van der Waals surface area contributed by atoms with E-state index in [0.717, 1.165) is 5.56 Å². The monoisotopic (exact) mass is 351 g/mol. The second-order valence-corrected chi connectivity index (χ2v) is 5.62. The number of anilines is 1. The number of halogens is 2. The number of carbonyl (C=O) groups is 1. The van der Waals surface area contributed by atoms with E-state index >= 15 is 0 Å². The number of amides is 1. The molecule has 0 aliphatic rings. The maximum Gasteiger partial charge on any atom is 0.265 e. The average molecular weight is 352 g/mol. The summed E-state index contributed by atoms with van der Waals surface area (Å²) in [6.07, 6.45) is 0. The molecular weight excluding hydrogens is 337 g/mol. The standard InChI is InChI=1S/C16H15Cl2N3O2/c1-10-5-6-13(8-14(10)18)20-15(22)9-23-21-16(19)11-3-2-4-12(17)7-11/h2-8H,9H2,1H3,(H2,19,21)(H,20,22). The molecule has 0 saturated heterocycles. The van der Waals surface area contributed by atoms with Crippen LogP contribution < -0.4 is 11.1 Å². The van der Waals surface area contributed by atoms with Gasteiger partial charge in [-0.05, 0) is 36.8 Å². The van der Waals surface area contributed by atoms with Gasteiger partial charge in [-0.1, -0.05) is 46.6 Å². The zero-order chi connectivity index (χ0) is 16.8. The van der Waals surface area contributed by atoms with E-state index in [0.29, 0.717) is 21.3 Å². The van der Waals surface area contributed by atoms with Crippen LogP contribution in [0.4, 0.5) is 5.69 Å². The Labute approximate surface area is 144 Å². The van der Waals surface area contributed by atoms with Crippen LogP contribution in [0.2, 0.25) is 10.0 Å². The zero-order valence-corrected chi connectivity index (χ0v) is 13.9. The molecule has 0 spiro atoms. The first-order valence-corrected chi connectivity index (χ1v) is 7.48. The van der Waals surface area contributed by atoms with Gasteiger partial charge in [-0.3, -0.25) is 4.79 Å². The third kappa shape index (κ3) is 5.16. The first-order chi connectivity index (χ1) is 11.0. The Balaban J connectivity index is 1.89. The van der Waals surface area contributed by atoms with Gasteiger partial charge in [0.1, 0.15) is 0 Å². The maximum atomic E-state index is 11.8. The molecule has 5 nitrogen and oxygen atoms in total. The summed E-state index contributed by atoms with van der Waals surface area (Å²) in [5, 5.41) is 7.46. The van der Waals surface area contributed by atoms with Gasteiger partial charge in [-0.25, -0.2) is 0 Å². The molecule has 2 rings (SSSR count). The second kappa shape index (κ2) is 7.85. The zero-order valence-electron chi connectivity index (χ0n) is 12.3. The van der Waals surface area contributed by atoms with Crippen molar-refractivity contribution in [3.8, 4) is 0 Å². The number of hydrogen-bond acceptors (Lipinski definition) is 3. The number of nitrogens with two attached hydrogens (primary N) is 1. The van der Waals surface area contributed by atoms with Crippen LogP contribution in [0.25, 0.3) is 0 Å². The SMILES string of the molecule is Cc1ccc(NC(=O)CO/N=C(\N)c2cccc(Cl)c2)cc1Cl. The van der Waals surface area contributed by atoms with E-state index in [1.54, 1.807) is 36.4 Å². The van der Waals surface area contributed by atoms with Crippen molar-refractivity contribution in [3.05, 3.63) is 63.6 Å². The number of nitrogens with one attached hydrogen (secondary N) is 1. The summed E-state index contributed by atoms with van der Waals surface area (Å²) in [5.41, 5.74) is 7.89. The summed E-state index contributed by atoms with van der Waals surface area (Å²) in [4.78, 5) is 16.7. The van der Waals surface area contributed by atoms with Crippen LogP contribution >= 0.6 is 23.2 Å². The minimum atomic E-state index is -0.368. The Morgan fingerprint density at radius 3 is 2.74 bits per heavy atom. The van der Waals surface area contributed by atoms with Gasteiger partial charge in [0, 0.05) is 21.3 Å². The molecule has 0 unspecified atom stereocenters. The van der Waals surface area contributed by atoms with Crippen molar-refractivity contribution < 1.29 is 9.63 Å². The molecular formula is C16H15Cl2N3O2. The molecule has 0 bridgehead atoms. The van der Waals surface area contributed by atoms with Crippen molar-refractivity contribution in [2.75, 3.05) is 11.9 Å². The van der Waals surface area contributed by atoms with Crippen molar-refractivity contribution in [1.29, 1.82) is 0 Å². The van der Waals surface area contributed by atoms with E-state index < -0.39 is 0 Å². The van der Waals surface area contributed by atoms with Gasteiger partial charge < -0.3 is 15.9 Å². The highest BCUT2D eigenvalue weighted by molar-refractivity contribution is 6.31. The molecule has 0 saturated carbocycles. The lowest BCUT2D eigenvalue weighted by molar-refractivity contribution is -0.120. The molecule has 2 aromatic rings. The highest BCUT2D eigenvalue weighted by atomic mass is 35.5. The molecule has 0 aromatic heterocycles. The van der Waals surface area contributed by atoms with Crippen molar-refractivity contribution in [2.45, 2.75) is 6.92 Å². The van der Waals surface area contributed by atoms with E-state index in [9.17, 15) is 4.79 Å². The predicted molar refractivity (Wildman–Crippen MR) is 92.9 cm³/mol. The normalized spacial score (nSPS) is 11.2. The summed E-state index contributed by atoms with van der Waals surface area (Å²) in [5.74, 6) is -0.230. The van der Waals surface area contributed by atoms with E-state index in [4.69, 9.17) is 33.8 Å². The van der Waals surface area contributed by atoms with Gasteiger partial charge in [0.15, 0.2) is 12.4 Å². The number of aryl methyl sites for hydroxylation is 1. The largest absolute Gasteiger partial charge is 0.384 e. The lowest BCUT2D eigenvalue weighted by Gasteiger charge is -2.06. The molecule has 0 fully saturated rings. The van der Waals surface area contributed by atoms with Crippen LogP contribution in [0, 0.1) is 6.92 Å². The summed E-state index contributed by atoms with van der Waals surface area (Å²) in [7, 11) is 0. The van der Waals surface area contributed by atoms with Gasteiger partial charge in [0.25, 0.3) is 5.91 Å². The van der Waals surface area contributed by atoms with Crippen molar-refractivity contribution in [3.63, 3.8) is 0 Å². The Bertz CT molecular complexity index is 748. The first-order valence-electron chi connectivity index (χ1n) is 6.73. The topological polar surface area (TPSA) is 76.7 Å². The number of carbonyl (C=O) groups excluding carboxylic acids is 1. The summed E-state index contributed by atoms with van der Waals surface area (Å²) < 4.78 is 0. The lowest BCUT2D eigenvalue weighted by Crippen LogP contribution is -2.19. The minimum Gasteiger partial charge on any atom is -0.384 e. The van der Waals surface area contributed by atoms with E-state index in [1.807, 2.05) is 13.0 Å². The Morgan fingerprint density at radius 1 is 1.26 bits per heavy atom. The average Bonchev–Trinajstić information content (AvgIpc) is 2.51. The fourth-order valence-electron chi connectivity index (χ4n) is 1.73. The molecule has 2 aromatic carbocycles. The fraction of sp³-hybridized carbons (Fsp3) is 0.125. The molecule has 3 N–H and O–H groups in total. The van der Waals surface area contributed by atoms with Crippen LogP contribution in [-0.4, -0.2) is 18.3 Å². The summed E-state index contributed by atoms with van der Waals surface area (Å²) in [6.45, 7) is 1.61. The van der Waals surface area contributed by atoms with Crippen LogP contribution in [0.1, 0.15) is 11.1 Å². The van der Waals surface area contributed by atoms with E-state index in [2.05, 4.69) is 10.5 Å². The molecule has 0 aliphatic heterocycles. The third-order valence-corrected chi connectivity index (χ3v) is 3.58. The fourth-order valence-corrected chi connectivity index (χ4v) is 2.10. The Morgan fingerprint density at radius 2 is 2.04 bits per heavy atom. The molecule has 0 atom stereocenters.